The molecule has 18 heavy (non-hydrogen) atoms. The number of carbonyl (C=O) groups is 1. The van der Waals surface area contributed by atoms with E-state index in [1.54, 1.807) is 7.11 Å². The van der Waals surface area contributed by atoms with Crippen LogP contribution in [-0.4, -0.2) is 26.1 Å². The van der Waals surface area contributed by atoms with Crippen LogP contribution in [0, 0.1) is 0 Å². The SMILES string of the molecule is CCCNC(=O)CNCc1ccc(OC)cc1Br. The van der Waals surface area contributed by atoms with Crippen LogP contribution in [0.3, 0.4) is 0 Å². The number of hydrogen-bond acceptors (Lipinski definition) is 3. The molecule has 0 aliphatic heterocycles. The molecule has 0 unspecified atom stereocenters. The summed E-state index contributed by atoms with van der Waals surface area (Å²) in [6.07, 6.45) is 0.954. The lowest BCUT2D eigenvalue weighted by molar-refractivity contribution is -0.120. The minimum atomic E-state index is 0.0292. The Balaban J connectivity index is 2.37. The van der Waals surface area contributed by atoms with Crippen molar-refractivity contribution in [3.63, 3.8) is 0 Å². The molecular weight excluding hydrogens is 296 g/mol. The first-order valence-corrected chi connectivity index (χ1v) is 6.76. The zero-order chi connectivity index (χ0) is 13.4. The van der Waals surface area contributed by atoms with E-state index in [4.69, 9.17) is 4.74 Å². The number of benzene rings is 1. The smallest absolute Gasteiger partial charge is 0.233 e. The number of amides is 1. The van der Waals surface area contributed by atoms with Gasteiger partial charge >= 0.3 is 0 Å². The molecule has 0 saturated carbocycles. The van der Waals surface area contributed by atoms with Crippen molar-refractivity contribution in [1.82, 2.24) is 10.6 Å². The van der Waals surface area contributed by atoms with Gasteiger partial charge in [-0.15, -0.1) is 0 Å². The van der Waals surface area contributed by atoms with Gasteiger partial charge in [0.1, 0.15) is 5.75 Å². The van der Waals surface area contributed by atoms with Crippen LogP contribution in [0.25, 0.3) is 0 Å². The molecule has 0 aromatic heterocycles. The maximum absolute atomic E-state index is 11.4. The third-order valence-corrected chi connectivity index (χ3v) is 3.17. The van der Waals surface area contributed by atoms with E-state index in [1.807, 2.05) is 25.1 Å². The molecule has 0 aliphatic rings. The van der Waals surface area contributed by atoms with Crippen LogP contribution in [0.4, 0.5) is 0 Å². The molecule has 1 aromatic rings. The van der Waals surface area contributed by atoms with Crippen LogP contribution in [0.15, 0.2) is 22.7 Å². The van der Waals surface area contributed by atoms with Crippen molar-refractivity contribution in [3.05, 3.63) is 28.2 Å². The summed E-state index contributed by atoms with van der Waals surface area (Å²) in [6, 6.07) is 5.78. The van der Waals surface area contributed by atoms with Crippen LogP contribution >= 0.6 is 15.9 Å². The van der Waals surface area contributed by atoms with Gasteiger partial charge in [0.25, 0.3) is 0 Å². The summed E-state index contributed by atoms with van der Waals surface area (Å²) in [4.78, 5) is 11.4. The molecule has 0 heterocycles. The van der Waals surface area contributed by atoms with Gasteiger partial charge in [-0.25, -0.2) is 0 Å². The number of nitrogens with one attached hydrogen (secondary N) is 2. The first-order chi connectivity index (χ1) is 8.67. The van der Waals surface area contributed by atoms with E-state index in [1.165, 1.54) is 0 Å². The summed E-state index contributed by atoms with van der Waals surface area (Å²) in [7, 11) is 1.64. The molecule has 0 fully saturated rings. The summed E-state index contributed by atoms with van der Waals surface area (Å²) in [5.41, 5.74) is 1.10. The van der Waals surface area contributed by atoms with Crippen LogP contribution in [0.5, 0.6) is 5.75 Å². The fourth-order valence-electron chi connectivity index (χ4n) is 1.44. The largest absolute Gasteiger partial charge is 0.497 e. The fraction of sp³-hybridized carbons (Fsp3) is 0.462. The second kappa shape index (κ2) is 8.11. The molecule has 1 amide bonds. The van der Waals surface area contributed by atoms with Crippen LogP contribution in [-0.2, 0) is 11.3 Å². The molecule has 2 N–H and O–H groups in total. The van der Waals surface area contributed by atoms with Gasteiger partial charge in [0, 0.05) is 17.6 Å². The summed E-state index contributed by atoms with van der Waals surface area (Å²) in [5.74, 6) is 0.841. The maximum atomic E-state index is 11.4. The Morgan fingerprint density at radius 1 is 1.44 bits per heavy atom. The highest BCUT2D eigenvalue weighted by Gasteiger charge is 2.03. The van der Waals surface area contributed by atoms with E-state index in [0.29, 0.717) is 13.1 Å². The monoisotopic (exact) mass is 314 g/mol. The highest BCUT2D eigenvalue weighted by atomic mass is 79.9. The zero-order valence-corrected chi connectivity index (χ0v) is 12.3. The first-order valence-electron chi connectivity index (χ1n) is 5.97. The highest BCUT2D eigenvalue weighted by Crippen LogP contribution is 2.22. The van der Waals surface area contributed by atoms with Gasteiger partial charge < -0.3 is 15.4 Å². The van der Waals surface area contributed by atoms with E-state index in [0.717, 1.165) is 28.8 Å². The Hall–Kier alpha value is -1.07. The summed E-state index contributed by atoms with van der Waals surface area (Å²) >= 11 is 3.48. The lowest BCUT2D eigenvalue weighted by Crippen LogP contribution is -2.33. The minimum Gasteiger partial charge on any atom is -0.497 e. The number of methoxy groups -OCH3 is 1. The lowest BCUT2D eigenvalue weighted by atomic mass is 10.2. The number of carbonyl (C=O) groups excluding carboxylic acids is 1. The molecule has 0 aliphatic carbocycles. The minimum absolute atomic E-state index is 0.0292. The van der Waals surface area contributed by atoms with Gasteiger partial charge in [-0.3, -0.25) is 4.79 Å². The number of halogens is 1. The van der Waals surface area contributed by atoms with Gasteiger partial charge in [0.2, 0.25) is 5.91 Å². The second-order valence-electron chi connectivity index (χ2n) is 3.91. The average molecular weight is 315 g/mol. The average Bonchev–Trinajstić information content (AvgIpc) is 2.38. The highest BCUT2D eigenvalue weighted by molar-refractivity contribution is 9.10. The summed E-state index contributed by atoms with van der Waals surface area (Å²) in [6.45, 7) is 3.73. The van der Waals surface area contributed by atoms with Gasteiger partial charge in [-0.2, -0.15) is 0 Å². The molecular formula is C13H19BrN2O2. The molecule has 1 rings (SSSR count). The molecule has 1 aromatic carbocycles. The summed E-state index contributed by atoms with van der Waals surface area (Å²) in [5, 5.41) is 5.92. The molecule has 0 radical (unpaired) electrons. The van der Waals surface area contributed by atoms with Gasteiger partial charge in [0.05, 0.1) is 13.7 Å². The summed E-state index contributed by atoms with van der Waals surface area (Å²) < 4.78 is 6.10. The second-order valence-corrected chi connectivity index (χ2v) is 4.77. The third-order valence-electron chi connectivity index (χ3n) is 2.43. The molecule has 0 spiro atoms. The normalized spacial score (nSPS) is 10.2. The van der Waals surface area contributed by atoms with E-state index in [9.17, 15) is 4.79 Å². The van der Waals surface area contributed by atoms with Crippen molar-refractivity contribution in [2.24, 2.45) is 0 Å². The predicted octanol–water partition coefficient (Wildman–Crippen LogP) is 2.07. The van der Waals surface area contributed by atoms with E-state index in [-0.39, 0.29) is 5.91 Å². The van der Waals surface area contributed by atoms with Crippen molar-refractivity contribution in [3.8, 4) is 5.75 Å². The van der Waals surface area contributed by atoms with Gasteiger partial charge in [-0.05, 0) is 24.1 Å². The fourth-order valence-corrected chi connectivity index (χ4v) is 1.93. The Labute approximate surface area is 116 Å². The molecule has 5 heteroatoms. The molecule has 100 valence electrons. The predicted molar refractivity (Wildman–Crippen MR) is 75.7 cm³/mol. The van der Waals surface area contributed by atoms with Crippen molar-refractivity contribution in [1.29, 1.82) is 0 Å². The number of rotatable bonds is 7. The number of hydrogen-bond donors (Lipinski definition) is 2. The number of ether oxygens (including phenoxy) is 1. The Bertz CT molecular complexity index is 397. The first kappa shape index (κ1) is 15.0. The Morgan fingerprint density at radius 3 is 2.83 bits per heavy atom. The van der Waals surface area contributed by atoms with Crippen LogP contribution in [0.1, 0.15) is 18.9 Å². The third kappa shape index (κ3) is 5.06. The van der Waals surface area contributed by atoms with E-state index >= 15 is 0 Å². The lowest BCUT2D eigenvalue weighted by Gasteiger charge is -2.08. The van der Waals surface area contributed by atoms with E-state index in [2.05, 4.69) is 26.6 Å². The Kier molecular flexibility index (Phi) is 6.75. The Morgan fingerprint density at radius 2 is 2.22 bits per heavy atom. The standard InChI is InChI=1S/C13H19BrN2O2/c1-3-6-16-13(17)9-15-8-10-4-5-11(18-2)7-12(10)14/h4-5,7,15H,3,6,8-9H2,1-2H3,(H,16,17). The van der Waals surface area contributed by atoms with Crippen molar-refractivity contribution in [2.75, 3.05) is 20.2 Å². The zero-order valence-electron chi connectivity index (χ0n) is 10.8. The molecule has 0 atom stereocenters. The molecule has 0 bridgehead atoms. The molecule has 4 nitrogen and oxygen atoms in total. The topological polar surface area (TPSA) is 50.4 Å². The van der Waals surface area contributed by atoms with Gasteiger partial charge in [0.15, 0.2) is 0 Å². The molecule has 0 saturated heterocycles. The van der Waals surface area contributed by atoms with E-state index < -0.39 is 0 Å². The van der Waals surface area contributed by atoms with Crippen molar-refractivity contribution >= 4 is 21.8 Å². The maximum Gasteiger partial charge on any atom is 0.233 e. The van der Waals surface area contributed by atoms with Crippen LogP contribution < -0.4 is 15.4 Å². The van der Waals surface area contributed by atoms with Gasteiger partial charge in [-0.1, -0.05) is 28.9 Å². The van der Waals surface area contributed by atoms with Crippen molar-refractivity contribution < 1.29 is 9.53 Å². The van der Waals surface area contributed by atoms with Crippen molar-refractivity contribution in [2.45, 2.75) is 19.9 Å². The quantitative estimate of drug-likeness (QED) is 0.810. The van der Waals surface area contributed by atoms with Crippen LogP contribution in [0.2, 0.25) is 0 Å².